The van der Waals surface area contributed by atoms with Crippen LogP contribution in [0.1, 0.15) is 21.7 Å². The van der Waals surface area contributed by atoms with Gasteiger partial charge in [-0.05, 0) is 67.1 Å². The first kappa shape index (κ1) is 28.2. The van der Waals surface area contributed by atoms with Gasteiger partial charge in [0.15, 0.2) is 0 Å². The molecule has 3 amide bonds. The maximum absolute atomic E-state index is 13.6. The first-order valence-corrected chi connectivity index (χ1v) is 13.4. The van der Waals surface area contributed by atoms with Crippen molar-refractivity contribution >= 4 is 46.5 Å². The molecule has 0 saturated carbocycles. The van der Waals surface area contributed by atoms with Gasteiger partial charge in [-0.15, -0.1) is 0 Å². The van der Waals surface area contributed by atoms with Crippen LogP contribution < -0.4 is 15.4 Å². The van der Waals surface area contributed by atoms with Gasteiger partial charge in [0.2, 0.25) is 0 Å². The zero-order valence-electron chi connectivity index (χ0n) is 22.5. The molecule has 0 unspecified atom stereocenters. The van der Waals surface area contributed by atoms with Gasteiger partial charge in [0.25, 0.3) is 23.4 Å². The minimum atomic E-state index is -0.542. The summed E-state index contributed by atoms with van der Waals surface area (Å²) in [6.07, 6.45) is 1.47. The molecular formula is C30H24N4O7S. The van der Waals surface area contributed by atoms with Crippen molar-refractivity contribution in [1.29, 1.82) is 0 Å². The molecular weight excluding hydrogens is 560 g/mol. The number of hydrogen-bond acceptors (Lipinski definition) is 9. The van der Waals surface area contributed by atoms with E-state index in [0.717, 1.165) is 22.2 Å². The van der Waals surface area contributed by atoms with Crippen LogP contribution in [0.15, 0.2) is 105 Å². The summed E-state index contributed by atoms with van der Waals surface area (Å²) in [6, 6.07) is 20.8. The number of benzene rings is 3. The molecule has 0 atom stereocenters. The highest BCUT2D eigenvalue weighted by Crippen LogP contribution is 2.38. The molecule has 3 aromatic carbocycles. The van der Waals surface area contributed by atoms with Gasteiger partial charge in [0.05, 0.1) is 30.5 Å². The fourth-order valence-corrected chi connectivity index (χ4v) is 5.21. The van der Waals surface area contributed by atoms with Crippen molar-refractivity contribution in [3.8, 4) is 5.75 Å². The van der Waals surface area contributed by atoms with E-state index in [0.29, 0.717) is 27.8 Å². The Balaban J connectivity index is 1.43. The summed E-state index contributed by atoms with van der Waals surface area (Å²) in [5.74, 6) is -0.539. The number of nitrogens with one attached hydrogen (secondary N) is 2. The number of aryl methyl sites for hydroxylation is 1. The number of furan rings is 1. The quantitative estimate of drug-likeness (QED) is 0.135. The number of carbonyl (C=O) groups excluding carboxylic acids is 3. The number of nitro benzene ring substituents is 1. The van der Waals surface area contributed by atoms with E-state index < -0.39 is 22.6 Å². The molecule has 1 aliphatic heterocycles. The number of ether oxygens (including phenoxy) is 1. The van der Waals surface area contributed by atoms with E-state index in [1.54, 1.807) is 42.5 Å². The molecule has 0 saturated heterocycles. The Labute approximate surface area is 244 Å². The fourth-order valence-electron chi connectivity index (χ4n) is 4.21. The third-order valence-electron chi connectivity index (χ3n) is 6.29. The molecule has 42 heavy (non-hydrogen) atoms. The number of nitro groups is 1. The summed E-state index contributed by atoms with van der Waals surface area (Å²) in [7, 11) is 1.52. The molecule has 5 rings (SSSR count). The van der Waals surface area contributed by atoms with Crippen LogP contribution in [0.4, 0.5) is 17.1 Å². The van der Waals surface area contributed by atoms with Crippen molar-refractivity contribution in [2.45, 2.75) is 18.4 Å². The van der Waals surface area contributed by atoms with Gasteiger partial charge >= 0.3 is 0 Å². The van der Waals surface area contributed by atoms with Crippen molar-refractivity contribution in [2.24, 2.45) is 0 Å². The fraction of sp³-hybridized carbons (Fsp3) is 0.100. The number of nitrogens with zero attached hydrogens (tertiary/aromatic N) is 2. The Kier molecular flexibility index (Phi) is 8.07. The molecule has 212 valence electrons. The molecule has 0 radical (unpaired) electrons. The Morgan fingerprint density at radius 1 is 1.02 bits per heavy atom. The molecule has 4 aromatic rings. The van der Waals surface area contributed by atoms with E-state index in [-0.39, 0.29) is 28.4 Å². The van der Waals surface area contributed by atoms with Crippen LogP contribution in [-0.4, -0.2) is 34.7 Å². The van der Waals surface area contributed by atoms with Crippen LogP contribution in [0, 0.1) is 17.0 Å². The lowest BCUT2D eigenvalue weighted by molar-refractivity contribution is -0.384. The number of non-ortho nitro benzene ring substituents is 1. The molecule has 11 nitrogen and oxygen atoms in total. The first-order chi connectivity index (χ1) is 20.2. The van der Waals surface area contributed by atoms with Gasteiger partial charge < -0.3 is 19.8 Å². The van der Waals surface area contributed by atoms with Crippen molar-refractivity contribution in [2.75, 3.05) is 17.7 Å². The Morgan fingerprint density at radius 3 is 2.50 bits per heavy atom. The van der Waals surface area contributed by atoms with Crippen LogP contribution >= 0.6 is 11.8 Å². The number of imide groups is 1. The topological polar surface area (TPSA) is 144 Å². The summed E-state index contributed by atoms with van der Waals surface area (Å²) < 4.78 is 10.8. The molecule has 0 aliphatic carbocycles. The lowest BCUT2D eigenvalue weighted by atomic mass is 10.2. The summed E-state index contributed by atoms with van der Waals surface area (Å²) in [6.45, 7) is 1.85. The zero-order valence-corrected chi connectivity index (χ0v) is 23.3. The molecule has 2 heterocycles. The SMILES string of the molecule is COc1ccc(C)cc1NC1=C(Sc2cccc(NC(=O)c3ccc([N+](=O)[O-])cc3)c2)C(=O)N(Cc2ccco2)C1=O. The number of anilines is 2. The lowest BCUT2D eigenvalue weighted by Crippen LogP contribution is -2.31. The van der Waals surface area contributed by atoms with E-state index in [1.165, 1.54) is 37.6 Å². The molecule has 1 aromatic heterocycles. The summed E-state index contributed by atoms with van der Waals surface area (Å²) in [5, 5.41) is 16.8. The Bertz CT molecular complexity index is 1720. The van der Waals surface area contributed by atoms with Crippen LogP contribution in [0.2, 0.25) is 0 Å². The maximum atomic E-state index is 13.6. The number of hydrogen-bond donors (Lipinski definition) is 2. The van der Waals surface area contributed by atoms with Gasteiger partial charge in [0, 0.05) is 28.3 Å². The van der Waals surface area contributed by atoms with Crippen LogP contribution in [0.5, 0.6) is 5.75 Å². The highest BCUT2D eigenvalue weighted by atomic mass is 32.2. The number of carbonyl (C=O) groups is 3. The predicted molar refractivity (Wildman–Crippen MR) is 156 cm³/mol. The van der Waals surface area contributed by atoms with E-state index in [1.807, 2.05) is 19.1 Å². The monoisotopic (exact) mass is 584 g/mol. The van der Waals surface area contributed by atoms with Crippen molar-refractivity contribution in [3.05, 3.63) is 123 Å². The zero-order chi connectivity index (χ0) is 29.8. The summed E-state index contributed by atoms with van der Waals surface area (Å²) >= 11 is 1.07. The standard InChI is InChI=1S/C30H24N4O7S/c1-18-8-13-25(40-2)24(15-18)32-26-27(30(37)33(29(26)36)17-22-6-4-14-41-22)42-23-7-3-5-20(16-23)31-28(35)19-9-11-21(12-10-19)34(38)39/h3-16,32H,17H2,1-2H3,(H,31,35). The van der Waals surface area contributed by atoms with Gasteiger partial charge in [-0.1, -0.05) is 23.9 Å². The highest BCUT2D eigenvalue weighted by Gasteiger charge is 2.40. The second-order valence-electron chi connectivity index (χ2n) is 9.20. The van der Waals surface area contributed by atoms with Crippen LogP contribution in [-0.2, 0) is 16.1 Å². The van der Waals surface area contributed by atoms with Crippen molar-refractivity contribution in [3.63, 3.8) is 0 Å². The van der Waals surface area contributed by atoms with Gasteiger partial charge in [-0.2, -0.15) is 0 Å². The summed E-state index contributed by atoms with van der Waals surface area (Å²) in [5.41, 5.74) is 2.08. The molecule has 12 heteroatoms. The van der Waals surface area contributed by atoms with Crippen molar-refractivity contribution in [1.82, 2.24) is 4.90 Å². The second-order valence-corrected chi connectivity index (χ2v) is 10.3. The number of rotatable bonds is 10. The van der Waals surface area contributed by atoms with Crippen molar-refractivity contribution < 1.29 is 28.5 Å². The van der Waals surface area contributed by atoms with E-state index >= 15 is 0 Å². The third-order valence-corrected chi connectivity index (χ3v) is 7.36. The number of thioether (sulfide) groups is 1. The molecule has 0 spiro atoms. The second kappa shape index (κ2) is 12.0. The first-order valence-electron chi connectivity index (χ1n) is 12.6. The highest BCUT2D eigenvalue weighted by molar-refractivity contribution is 8.04. The molecule has 0 fully saturated rings. The van der Waals surface area contributed by atoms with E-state index in [9.17, 15) is 24.5 Å². The van der Waals surface area contributed by atoms with Gasteiger partial charge in [-0.3, -0.25) is 29.4 Å². The van der Waals surface area contributed by atoms with Gasteiger partial charge in [-0.25, -0.2) is 0 Å². The van der Waals surface area contributed by atoms with Gasteiger partial charge in [0.1, 0.15) is 22.1 Å². The van der Waals surface area contributed by atoms with E-state index in [4.69, 9.17) is 9.15 Å². The minimum Gasteiger partial charge on any atom is -0.495 e. The smallest absolute Gasteiger partial charge is 0.278 e. The van der Waals surface area contributed by atoms with Crippen LogP contribution in [0.25, 0.3) is 0 Å². The van der Waals surface area contributed by atoms with E-state index in [2.05, 4.69) is 10.6 Å². The maximum Gasteiger partial charge on any atom is 0.278 e. The normalized spacial score (nSPS) is 13.0. The average molecular weight is 585 g/mol. The largest absolute Gasteiger partial charge is 0.495 e. The Hall–Kier alpha value is -5.36. The average Bonchev–Trinajstić information content (AvgIpc) is 3.57. The number of methoxy groups -OCH3 is 1. The lowest BCUT2D eigenvalue weighted by Gasteiger charge is -2.15. The molecule has 2 N–H and O–H groups in total. The predicted octanol–water partition coefficient (Wildman–Crippen LogP) is 5.74. The number of amides is 3. The molecule has 1 aliphatic rings. The summed E-state index contributed by atoms with van der Waals surface area (Å²) in [4.78, 5) is 52.1. The van der Waals surface area contributed by atoms with Crippen LogP contribution in [0.3, 0.4) is 0 Å². The third kappa shape index (κ3) is 6.03. The molecule has 0 bridgehead atoms. The Morgan fingerprint density at radius 2 is 1.81 bits per heavy atom. The minimum absolute atomic E-state index is 0.0454.